The van der Waals surface area contributed by atoms with Crippen LogP contribution in [-0.2, 0) is 83.2 Å². The summed E-state index contributed by atoms with van der Waals surface area (Å²) >= 11 is 0. The molecule has 0 aromatic carbocycles. The molecule has 4 atom stereocenters. The fraction of sp³-hybridized carbons (Fsp3) is 0.807. The number of carbonyl (C=O) groups is 10. The highest BCUT2D eigenvalue weighted by molar-refractivity contribution is 7.91. The summed E-state index contributed by atoms with van der Waals surface area (Å²) in [6.45, 7) is 3.83. The summed E-state index contributed by atoms with van der Waals surface area (Å²) in [5, 5.41) is 52.7. The molecule has 0 aliphatic heterocycles. The average Bonchev–Trinajstić information content (AvgIpc) is 4.03. The van der Waals surface area contributed by atoms with Gasteiger partial charge in [0.1, 0.15) is 46.7 Å². The van der Waals surface area contributed by atoms with Crippen LogP contribution in [0.4, 0.5) is 0 Å². The second-order valence-corrected chi connectivity index (χ2v) is 23.7. The number of amides is 4. The monoisotopic (exact) mass is 1230 g/mol. The van der Waals surface area contributed by atoms with Crippen LogP contribution in [-0.4, -0.2) is 193 Å². The first-order valence-electron chi connectivity index (χ1n) is 30.3. The summed E-state index contributed by atoms with van der Waals surface area (Å²) in [4.78, 5) is 121. The number of hydrogen-bond acceptors (Lipinski definition) is 19. The second-order valence-electron chi connectivity index (χ2n) is 21.4. The van der Waals surface area contributed by atoms with Gasteiger partial charge in [-0.25, -0.2) is 18.0 Å². The molecule has 0 saturated heterocycles. The fourth-order valence-corrected chi connectivity index (χ4v) is 10.1. The number of carbonyl (C=O) groups excluding carboxylic acids is 7. The van der Waals surface area contributed by atoms with Crippen molar-refractivity contribution in [2.24, 2.45) is 11.8 Å². The molecule has 85 heavy (non-hydrogen) atoms. The van der Waals surface area contributed by atoms with E-state index in [0.717, 1.165) is 50.8 Å². The lowest BCUT2D eigenvalue weighted by Gasteiger charge is -2.16. The number of rotatable bonds is 59. The van der Waals surface area contributed by atoms with Crippen molar-refractivity contribution in [2.75, 3.05) is 77.5 Å². The van der Waals surface area contributed by atoms with Crippen molar-refractivity contribution in [1.29, 1.82) is 0 Å². The summed E-state index contributed by atoms with van der Waals surface area (Å²) < 4.78 is 46.4. The maximum Gasteiger partial charge on any atom is 0.326 e. The van der Waals surface area contributed by atoms with Crippen LogP contribution in [0.2, 0.25) is 0 Å². The molecule has 1 rings (SSSR count). The fourth-order valence-electron chi connectivity index (χ4n) is 8.67. The Labute approximate surface area is 501 Å². The van der Waals surface area contributed by atoms with Crippen molar-refractivity contribution in [2.45, 2.75) is 206 Å². The molecule has 0 saturated carbocycles. The van der Waals surface area contributed by atoms with Crippen LogP contribution in [0.3, 0.4) is 0 Å². The molecule has 1 aromatic rings. The third-order valence-electron chi connectivity index (χ3n) is 13.9. The number of carboxylic acid groups (broad SMARTS) is 3. The number of aryl methyl sites for hydroxylation is 1. The molecule has 0 bridgehead atoms. The SMILES string of the molecule is CC(=O)[C@@H](C)CCCCNC(=O)CC[C@H](NC(=O)CC[C@H](CC(=O)COCCOCCNC(=O)COCCOCCCC(=O)CC[C@H](NC(=O)CCCS(=O)(=O)CCCCCCCCCCCCCCCc1nn[nH]n1)C(=O)O)C(=O)O)C(=O)O.[HH]. The Bertz CT molecular complexity index is 2210. The zero-order chi connectivity index (χ0) is 62.9. The van der Waals surface area contributed by atoms with Crippen LogP contribution in [0, 0.1) is 11.8 Å². The lowest BCUT2D eigenvalue weighted by molar-refractivity contribution is -0.145. The van der Waals surface area contributed by atoms with E-state index in [4.69, 9.17) is 18.9 Å². The van der Waals surface area contributed by atoms with Gasteiger partial charge in [-0.2, -0.15) is 5.21 Å². The molecule has 27 nitrogen and oxygen atoms in total. The van der Waals surface area contributed by atoms with E-state index in [0.29, 0.717) is 32.2 Å². The highest BCUT2D eigenvalue weighted by atomic mass is 32.2. The molecular formula is C57H100N8O19S. The number of ketones is 3. The van der Waals surface area contributed by atoms with Gasteiger partial charge in [-0.1, -0.05) is 89.2 Å². The summed E-state index contributed by atoms with van der Waals surface area (Å²) in [7, 11) is -3.34. The van der Waals surface area contributed by atoms with E-state index in [1.54, 1.807) is 0 Å². The van der Waals surface area contributed by atoms with Crippen LogP contribution < -0.4 is 21.3 Å². The Morgan fingerprint density at radius 3 is 1.62 bits per heavy atom. The second kappa shape index (κ2) is 49.3. The number of nitrogens with one attached hydrogen (secondary N) is 5. The number of unbranched alkanes of at least 4 members (excludes halogenated alkanes) is 13. The van der Waals surface area contributed by atoms with E-state index in [1.807, 2.05) is 6.92 Å². The van der Waals surface area contributed by atoms with Gasteiger partial charge in [-0.15, -0.1) is 10.2 Å². The first-order valence-corrected chi connectivity index (χ1v) is 32.1. The molecule has 8 N–H and O–H groups in total. The first kappa shape index (κ1) is 77.2. The number of carboxylic acids is 3. The Morgan fingerprint density at radius 2 is 1.04 bits per heavy atom. The lowest BCUT2D eigenvalue weighted by atomic mass is 9.97. The predicted octanol–water partition coefficient (Wildman–Crippen LogP) is 4.44. The van der Waals surface area contributed by atoms with Gasteiger partial charge in [0, 0.05) is 72.0 Å². The number of Topliss-reactive ketones (excluding diaryl/α,β-unsaturated/α-hetero) is 3. The Balaban J connectivity index is 0.0000722. The lowest BCUT2D eigenvalue weighted by Crippen LogP contribution is -2.42. The minimum absolute atomic E-state index is 0. The summed E-state index contributed by atoms with van der Waals surface area (Å²) in [5.41, 5.74) is 0. The normalized spacial score (nSPS) is 12.8. The number of aromatic amines is 1. The molecule has 4 amide bonds. The number of tetrazole rings is 1. The van der Waals surface area contributed by atoms with Gasteiger partial charge in [0.2, 0.25) is 23.6 Å². The standard InChI is InChI=1S/C57H98N8O19S.H2/c1-43(44(2)66)20-15-16-30-58-51(69)29-27-49(57(77)78)61-53(71)28-24-45(55(73)74)40-47(68)41-83-36-35-82-33-31-59-54(72)42-84-37-34-81-32-18-21-46(67)25-26-48(56(75)76)60-52(70)23-19-39-85(79,80)38-17-13-11-9-7-5-3-4-6-8-10-12-14-22-50-62-64-65-63-50;/h43,45,48-49H,3-42H2,1-2H3,(H,58,69)(H,59,72)(H,60,70)(H,61,71)(H,73,74)(H,75,76)(H,77,78)(H,62,63,64,65);1H/t43-,45+,48-,49-;/m0./s1. The Hall–Kier alpha value is -5.84. The molecule has 0 fully saturated rings. The molecular weight excluding hydrogens is 1130 g/mol. The van der Waals surface area contributed by atoms with Crippen molar-refractivity contribution in [3.8, 4) is 0 Å². The highest BCUT2D eigenvalue weighted by Crippen LogP contribution is 2.16. The molecule has 28 heteroatoms. The zero-order valence-electron chi connectivity index (χ0n) is 50.2. The Kier molecular flexibility index (Phi) is 44.8. The molecule has 0 aliphatic rings. The molecule has 488 valence electrons. The van der Waals surface area contributed by atoms with Crippen LogP contribution in [0.25, 0.3) is 0 Å². The smallest absolute Gasteiger partial charge is 0.326 e. The van der Waals surface area contributed by atoms with E-state index in [1.165, 1.54) is 51.9 Å². The maximum atomic E-state index is 12.5. The molecule has 0 radical (unpaired) electrons. The van der Waals surface area contributed by atoms with Gasteiger partial charge in [0.25, 0.3) is 0 Å². The van der Waals surface area contributed by atoms with Gasteiger partial charge in [0.05, 0.1) is 50.5 Å². The van der Waals surface area contributed by atoms with Gasteiger partial charge in [0.15, 0.2) is 11.6 Å². The summed E-state index contributed by atoms with van der Waals surface area (Å²) in [5.74, 6) is -7.39. The number of H-pyrrole nitrogens is 1. The number of aromatic nitrogens is 4. The quantitative estimate of drug-likeness (QED) is 0.0418. The maximum absolute atomic E-state index is 12.5. The van der Waals surface area contributed by atoms with Crippen LogP contribution in [0.5, 0.6) is 0 Å². The van der Waals surface area contributed by atoms with Crippen LogP contribution in [0.15, 0.2) is 0 Å². The molecule has 1 aromatic heterocycles. The zero-order valence-corrected chi connectivity index (χ0v) is 51.0. The van der Waals surface area contributed by atoms with Crippen molar-refractivity contribution >= 4 is 68.7 Å². The first-order chi connectivity index (χ1) is 40.7. The van der Waals surface area contributed by atoms with Crippen molar-refractivity contribution in [3.05, 3.63) is 5.82 Å². The summed E-state index contributed by atoms with van der Waals surface area (Å²) in [6, 6.07) is -2.67. The molecule has 0 spiro atoms. The third kappa shape index (κ3) is 45.2. The van der Waals surface area contributed by atoms with Gasteiger partial charge >= 0.3 is 17.9 Å². The van der Waals surface area contributed by atoms with E-state index in [2.05, 4.69) is 41.9 Å². The van der Waals surface area contributed by atoms with E-state index < -0.39 is 88.2 Å². The van der Waals surface area contributed by atoms with Gasteiger partial charge in [-0.05, 0) is 64.7 Å². The van der Waals surface area contributed by atoms with Crippen molar-refractivity contribution in [1.82, 2.24) is 41.9 Å². The van der Waals surface area contributed by atoms with Crippen molar-refractivity contribution in [3.63, 3.8) is 0 Å². The predicted molar refractivity (Wildman–Crippen MR) is 313 cm³/mol. The third-order valence-corrected chi connectivity index (χ3v) is 15.7. The number of nitrogens with zero attached hydrogens (tertiary/aromatic N) is 3. The van der Waals surface area contributed by atoms with Gasteiger partial charge < -0.3 is 55.5 Å². The number of ether oxygens (including phenoxy) is 4. The molecule has 0 unspecified atom stereocenters. The minimum Gasteiger partial charge on any atom is -0.481 e. The highest BCUT2D eigenvalue weighted by Gasteiger charge is 2.26. The van der Waals surface area contributed by atoms with Crippen LogP contribution >= 0.6 is 0 Å². The minimum atomic E-state index is -3.34. The Morgan fingerprint density at radius 1 is 0.506 bits per heavy atom. The van der Waals surface area contributed by atoms with E-state index in [-0.39, 0.29) is 141 Å². The van der Waals surface area contributed by atoms with E-state index in [9.17, 15) is 71.7 Å². The molecule has 0 aliphatic carbocycles. The number of hydrogen-bond donors (Lipinski definition) is 8. The largest absolute Gasteiger partial charge is 0.481 e. The van der Waals surface area contributed by atoms with Crippen molar-refractivity contribution < 1.29 is 92.1 Å². The topological polar surface area (TPSA) is 405 Å². The number of aliphatic carboxylic acids is 3. The van der Waals surface area contributed by atoms with Crippen LogP contribution in [0.1, 0.15) is 194 Å². The number of sulfone groups is 1. The average molecular weight is 1230 g/mol. The van der Waals surface area contributed by atoms with E-state index >= 15 is 0 Å². The summed E-state index contributed by atoms with van der Waals surface area (Å²) in [6.07, 6.45) is 15.9. The molecule has 1 heterocycles. The van der Waals surface area contributed by atoms with Gasteiger partial charge in [-0.3, -0.25) is 38.4 Å².